The van der Waals surface area contributed by atoms with Crippen molar-refractivity contribution in [1.29, 1.82) is 0 Å². The molecule has 0 bridgehead atoms. The first-order valence-corrected chi connectivity index (χ1v) is 9.63. The minimum atomic E-state index is 0.128. The summed E-state index contributed by atoms with van der Waals surface area (Å²) in [7, 11) is 0. The van der Waals surface area contributed by atoms with Gasteiger partial charge in [-0.2, -0.15) is 0 Å². The Morgan fingerprint density at radius 3 is 2.50 bits per heavy atom. The van der Waals surface area contributed by atoms with E-state index in [-0.39, 0.29) is 17.9 Å². The van der Waals surface area contributed by atoms with Crippen LogP contribution in [0.25, 0.3) is 0 Å². The van der Waals surface area contributed by atoms with E-state index in [1.807, 2.05) is 0 Å². The second-order valence-electron chi connectivity index (χ2n) is 7.79. The van der Waals surface area contributed by atoms with Crippen LogP contribution in [0.2, 0.25) is 0 Å². The van der Waals surface area contributed by atoms with E-state index in [1.165, 1.54) is 12.8 Å². The molecule has 1 atom stereocenters. The molecule has 1 unspecified atom stereocenters. The highest BCUT2D eigenvalue weighted by Crippen LogP contribution is 2.19. The van der Waals surface area contributed by atoms with Crippen LogP contribution >= 0.6 is 0 Å². The number of hydrogen-bond acceptors (Lipinski definition) is 4. The molecule has 3 aliphatic rings. The number of carbonyl (C=O) groups excluding carboxylic acids is 2. The molecule has 3 heterocycles. The summed E-state index contributed by atoms with van der Waals surface area (Å²) < 4.78 is 0. The highest BCUT2D eigenvalue weighted by atomic mass is 16.2. The summed E-state index contributed by atoms with van der Waals surface area (Å²) in [6, 6.07) is 0.456. The Morgan fingerprint density at radius 2 is 1.88 bits per heavy atom. The molecule has 0 aromatic heterocycles. The Bertz CT molecular complexity index is 442. The number of likely N-dealkylation sites (tertiary alicyclic amines) is 1. The number of nitrogens with zero attached hydrogens (tertiary/aromatic N) is 2. The first-order valence-electron chi connectivity index (χ1n) is 9.63. The van der Waals surface area contributed by atoms with E-state index in [1.54, 1.807) is 0 Å². The quantitative estimate of drug-likeness (QED) is 0.771. The van der Waals surface area contributed by atoms with Crippen LogP contribution in [-0.4, -0.2) is 73.0 Å². The van der Waals surface area contributed by atoms with Crippen LogP contribution in [0.1, 0.15) is 45.4 Å². The molecule has 3 fully saturated rings. The normalized spacial score (nSPS) is 27.2. The zero-order valence-corrected chi connectivity index (χ0v) is 14.9. The summed E-state index contributed by atoms with van der Waals surface area (Å²) in [5, 5.41) is 6.40. The van der Waals surface area contributed by atoms with Crippen LogP contribution in [0, 0.1) is 5.92 Å². The molecular formula is C18H32N4O2. The summed E-state index contributed by atoms with van der Waals surface area (Å²) >= 11 is 0. The maximum atomic E-state index is 13.0. The van der Waals surface area contributed by atoms with E-state index in [0.29, 0.717) is 25.6 Å². The topological polar surface area (TPSA) is 64.7 Å². The van der Waals surface area contributed by atoms with Crippen molar-refractivity contribution in [2.24, 2.45) is 5.92 Å². The van der Waals surface area contributed by atoms with Crippen LogP contribution in [-0.2, 0) is 9.59 Å². The minimum Gasteiger partial charge on any atom is -0.352 e. The van der Waals surface area contributed by atoms with Crippen LogP contribution < -0.4 is 10.6 Å². The van der Waals surface area contributed by atoms with Crippen molar-refractivity contribution < 1.29 is 9.59 Å². The van der Waals surface area contributed by atoms with E-state index < -0.39 is 0 Å². The molecule has 6 heteroatoms. The van der Waals surface area contributed by atoms with Crippen LogP contribution in [0.3, 0.4) is 0 Å². The van der Waals surface area contributed by atoms with Gasteiger partial charge in [0.1, 0.15) is 0 Å². The number of carbonyl (C=O) groups is 2. The van der Waals surface area contributed by atoms with Gasteiger partial charge in [0, 0.05) is 25.0 Å². The maximum absolute atomic E-state index is 13.0. The fraction of sp³-hybridized carbons (Fsp3) is 0.889. The Balaban J connectivity index is 1.59. The Morgan fingerprint density at radius 1 is 1.17 bits per heavy atom. The molecule has 0 aliphatic carbocycles. The zero-order valence-electron chi connectivity index (χ0n) is 14.9. The highest BCUT2D eigenvalue weighted by Gasteiger charge is 2.31. The van der Waals surface area contributed by atoms with Crippen molar-refractivity contribution in [3.63, 3.8) is 0 Å². The third-order valence-corrected chi connectivity index (χ3v) is 5.81. The Kier molecular flexibility index (Phi) is 6.11. The molecule has 6 nitrogen and oxygen atoms in total. The molecule has 0 radical (unpaired) electrons. The van der Waals surface area contributed by atoms with E-state index in [0.717, 1.165) is 51.4 Å². The lowest BCUT2D eigenvalue weighted by Crippen LogP contribution is -2.53. The van der Waals surface area contributed by atoms with Crippen molar-refractivity contribution in [1.82, 2.24) is 20.4 Å². The zero-order chi connectivity index (χ0) is 16.9. The monoisotopic (exact) mass is 336 g/mol. The largest absolute Gasteiger partial charge is 0.352 e. The number of piperidine rings is 2. The first-order chi connectivity index (χ1) is 11.6. The van der Waals surface area contributed by atoms with Crippen LogP contribution in [0.5, 0.6) is 0 Å². The van der Waals surface area contributed by atoms with Crippen molar-refractivity contribution in [3.8, 4) is 0 Å². The van der Waals surface area contributed by atoms with Gasteiger partial charge in [-0.3, -0.25) is 14.5 Å². The molecule has 2 amide bonds. The summed E-state index contributed by atoms with van der Waals surface area (Å²) in [4.78, 5) is 28.9. The molecule has 0 saturated carbocycles. The van der Waals surface area contributed by atoms with Gasteiger partial charge in [-0.15, -0.1) is 0 Å². The standard InChI is InChI=1S/C18H32N4O2/c1-14-6-10-21(11-7-14)13-18(24)22(16-4-8-19-9-5-16)12-15-2-3-17(23)20-15/h14-16,19H,2-13H2,1H3,(H,20,23). The van der Waals surface area contributed by atoms with Gasteiger partial charge in [0.05, 0.1) is 6.54 Å². The summed E-state index contributed by atoms with van der Waals surface area (Å²) in [5.41, 5.74) is 0. The summed E-state index contributed by atoms with van der Waals surface area (Å²) in [6.07, 6.45) is 5.88. The average molecular weight is 336 g/mol. The molecule has 3 rings (SSSR count). The Hall–Kier alpha value is -1.14. The smallest absolute Gasteiger partial charge is 0.237 e. The molecule has 0 aromatic carbocycles. The van der Waals surface area contributed by atoms with Gasteiger partial charge in [-0.05, 0) is 64.2 Å². The van der Waals surface area contributed by atoms with E-state index >= 15 is 0 Å². The van der Waals surface area contributed by atoms with Gasteiger partial charge < -0.3 is 15.5 Å². The van der Waals surface area contributed by atoms with E-state index in [9.17, 15) is 9.59 Å². The number of rotatable bonds is 5. The van der Waals surface area contributed by atoms with E-state index in [4.69, 9.17) is 0 Å². The van der Waals surface area contributed by atoms with Gasteiger partial charge in [-0.25, -0.2) is 0 Å². The molecule has 24 heavy (non-hydrogen) atoms. The molecule has 3 aliphatic heterocycles. The SMILES string of the molecule is CC1CCN(CC(=O)N(CC2CCC(=O)N2)C2CCNCC2)CC1. The molecule has 3 saturated heterocycles. The third-order valence-electron chi connectivity index (χ3n) is 5.81. The van der Waals surface area contributed by atoms with Crippen molar-refractivity contribution in [3.05, 3.63) is 0 Å². The molecule has 136 valence electrons. The minimum absolute atomic E-state index is 0.128. The molecular weight excluding hydrogens is 304 g/mol. The van der Waals surface area contributed by atoms with Gasteiger partial charge in [0.2, 0.25) is 11.8 Å². The van der Waals surface area contributed by atoms with Gasteiger partial charge in [0.25, 0.3) is 0 Å². The predicted octanol–water partition coefficient (Wildman–Crippen LogP) is 0.578. The maximum Gasteiger partial charge on any atom is 0.237 e. The molecule has 2 N–H and O–H groups in total. The fourth-order valence-corrected chi connectivity index (χ4v) is 4.13. The predicted molar refractivity (Wildman–Crippen MR) is 93.6 cm³/mol. The second kappa shape index (κ2) is 8.30. The van der Waals surface area contributed by atoms with Crippen LogP contribution in [0.4, 0.5) is 0 Å². The number of hydrogen-bond donors (Lipinski definition) is 2. The highest BCUT2D eigenvalue weighted by molar-refractivity contribution is 5.80. The van der Waals surface area contributed by atoms with Gasteiger partial charge in [-0.1, -0.05) is 6.92 Å². The van der Waals surface area contributed by atoms with Crippen molar-refractivity contribution in [2.75, 3.05) is 39.3 Å². The summed E-state index contributed by atoms with van der Waals surface area (Å²) in [5.74, 6) is 1.16. The van der Waals surface area contributed by atoms with Gasteiger partial charge >= 0.3 is 0 Å². The number of nitrogens with one attached hydrogen (secondary N) is 2. The lowest BCUT2D eigenvalue weighted by Gasteiger charge is -2.38. The molecule has 0 aromatic rings. The average Bonchev–Trinajstić information content (AvgIpc) is 3.00. The Labute approximate surface area is 145 Å². The van der Waals surface area contributed by atoms with Crippen LogP contribution in [0.15, 0.2) is 0 Å². The third kappa shape index (κ3) is 4.70. The second-order valence-corrected chi connectivity index (χ2v) is 7.79. The lowest BCUT2D eigenvalue weighted by atomic mass is 9.99. The van der Waals surface area contributed by atoms with Gasteiger partial charge in [0.15, 0.2) is 0 Å². The van der Waals surface area contributed by atoms with Crippen molar-refractivity contribution >= 4 is 11.8 Å². The lowest BCUT2D eigenvalue weighted by molar-refractivity contribution is -0.136. The van der Waals surface area contributed by atoms with E-state index in [2.05, 4.69) is 27.4 Å². The first kappa shape index (κ1) is 17.7. The summed E-state index contributed by atoms with van der Waals surface area (Å²) in [6.45, 7) is 7.54. The molecule has 0 spiro atoms. The van der Waals surface area contributed by atoms with Crippen molar-refractivity contribution in [2.45, 2.75) is 57.5 Å². The fourth-order valence-electron chi connectivity index (χ4n) is 4.13. The number of amides is 2.